The average Bonchev–Trinajstić information content (AvgIpc) is 2.76. The van der Waals surface area contributed by atoms with E-state index in [1.165, 1.54) is 0 Å². The minimum atomic E-state index is -0.814. The molecule has 0 saturated carbocycles. The van der Waals surface area contributed by atoms with Crippen molar-refractivity contribution in [3.63, 3.8) is 0 Å². The molecule has 0 radical (unpaired) electrons. The van der Waals surface area contributed by atoms with Crippen molar-refractivity contribution in [2.24, 2.45) is 0 Å². The summed E-state index contributed by atoms with van der Waals surface area (Å²) in [6.45, 7) is 6.36. The van der Waals surface area contributed by atoms with E-state index in [1.54, 1.807) is 19.2 Å². The molecular weight excluding hydrogens is 418 g/mol. The highest BCUT2D eigenvalue weighted by atomic mass is 16.6. The first-order valence-electron chi connectivity index (χ1n) is 11.4. The molecule has 0 heterocycles. The Morgan fingerprint density at radius 1 is 0.909 bits per heavy atom. The van der Waals surface area contributed by atoms with Crippen LogP contribution < -0.4 is 16.0 Å². The van der Waals surface area contributed by atoms with Gasteiger partial charge in [-0.15, -0.1) is 0 Å². The quantitative estimate of drug-likeness (QED) is 0.388. The van der Waals surface area contributed by atoms with Gasteiger partial charge in [-0.2, -0.15) is 0 Å². The average molecular weight is 456 g/mol. The Hall–Kier alpha value is -3.06. The van der Waals surface area contributed by atoms with Gasteiger partial charge in [0.25, 0.3) is 0 Å². The molecule has 2 amide bonds. The number of alkyl carbamates (subject to hydrolysis) is 1. The number of nitrogens with one attached hydrogen (secondary N) is 3. The number of phenols is 1. The van der Waals surface area contributed by atoms with Crippen LogP contribution in [0.25, 0.3) is 0 Å². The summed E-state index contributed by atoms with van der Waals surface area (Å²) in [6.07, 6.45) is 1.88. The van der Waals surface area contributed by atoms with Crippen molar-refractivity contribution in [3.05, 3.63) is 65.7 Å². The number of likely N-dealkylation sites (N-methyl/N-ethyl adjacent to an activating group) is 1. The van der Waals surface area contributed by atoms with Crippen LogP contribution in [0.3, 0.4) is 0 Å². The van der Waals surface area contributed by atoms with Gasteiger partial charge in [0.1, 0.15) is 16.9 Å². The van der Waals surface area contributed by atoms with Crippen molar-refractivity contribution >= 4 is 12.0 Å². The van der Waals surface area contributed by atoms with Crippen LogP contribution in [0.5, 0.6) is 5.75 Å². The zero-order valence-corrected chi connectivity index (χ0v) is 20.1. The number of benzene rings is 2. The second-order valence-electron chi connectivity index (χ2n) is 9.20. The van der Waals surface area contributed by atoms with Gasteiger partial charge in [0.05, 0.1) is 0 Å². The first-order chi connectivity index (χ1) is 15.6. The summed E-state index contributed by atoms with van der Waals surface area (Å²) in [5, 5.41) is 18.5. The lowest BCUT2D eigenvalue weighted by atomic mass is 9.85. The third-order valence-electron chi connectivity index (χ3n) is 5.35. The normalized spacial score (nSPS) is 13.1. The molecule has 0 bridgehead atoms. The summed E-state index contributed by atoms with van der Waals surface area (Å²) in [7, 11) is 1.80. The van der Waals surface area contributed by atoms with Gasteiger partial charge < -0.3 is 25.8 Å². The number of hydrogen-bond acceptors (Lipinski definition) is 5. The fourth-order valence-corrected chi connectivity index (χ4v) is 3.60. The second-order valence-corrected chi connectivity index (χ2v) is 9.20. The molecule has 0 aliphatic heterocycles. The molecule has 2 aromatic rings. The van der Waals surface area contributed by atoms with Crippen LogP contribution in [0.1, 0.15) is 44.7 Å². The number of carbonyl (C=O) groups is 2. The predicted molar refractivity (Wildman–Crippen MR) is 130 cm³/mol. The number of amides is 2. The molecule has 4 N–H and O–H groups in total. The topological polar surface area (TPSA) is 99.7 Å². The third kappa shape index (κ3) is 9.14. The summed E-state index contributed by atoms with van der Waals surface area (Å²) in [5.41, 5.74) is 0.725. The van der Waals surface area contributed by atoms with Crippen molar-refractivity contribution in [1.29, 1.82) is 0 Å². The van der Waals surface area contributed by atoms with Crippen molar-refractivity contribution in [1.82, 2.24) is 16.0 Å². The first kappa shape index (κ1) is 26.2. The first-order valence-corrected chi connectivity index (χ1v) is 11.4. The maximum absolute atomic E-state index is 13.3. The van der Waals surface area contributed by atoms with Gasteiger partial charge in [0, 0.05) is 13.1 Å². The minimum absolute atomic E-state index is 0.0788. The van der Waals surface area contributed by atoms with Crippen LogP contribution in [-0.2, 0) is 22.4 Å². The Kier molecular flexibility index (Phi) is 9.73. The van der Waals surface area contributed by atoms with Gasteiger partial charge in [-0.3, -0.25) is 4.79 Å². The molecule has 0 saturated heterocycles. The number of carbonyl (C=O) groups excluding carboxylic acids is 2. The van der Waals surface area contributed by atoms with Gasteiger partial charge in [-0.25, -0.2) is 4.79 Å². The van der Waals surface area contributed by atoms with E-state index in [-0.39, 0.29) is 11.7 Å². The van der Waals surface area contributed by atoms with Gasteiger partial charge in [-0.1, -0.05) is 42.5 Å². The maximum Gasteiger partial charge on any atom is 0.407 e. The predicted octanol–water partition coefficient (Wildman–Crippen LogP) is 3.56. The molecule has 0 aliphatic carbocycles. The number of hydrogen-bond donors (Lipinski definition) is 4. The fourth-order valence-electron chi connectivity index (χ4n) is 3.60. The second kappa shape index (κ2) is 12.3. The number of ether oxygens (including phenoxy) is 1. The van der Waals surface area contributed by atoms with E-state index in [9.17, 15) is 14.7 Å². The van der Waals surface area contributed by atoms with Crippen molar-refractivity contribution in [2.45, 2.75) is 57.6 Å². The molecule has 7 heteroatoms. The van der Waals surface area contributed by atoms with Crippen LogP contribution in [-0.4, -0.2) is 48.4 Å². The lowest BCUT2D eigenvalue weighted by molar-refractivity contribution is -0.127. The highest BCUT2D eigenvalue weighted by molar-refractivity contribution is 5.86. The molecule has 0 unspecified atom stereocenters. The van der Waals surface area contributed by atoms with E-state index in [0.29, 0.717) is 38.8 Å². The van der Waals surface area contributed by atoms with Crippen LogP contribution in [0.2, 0.25) is 0 Å². The number of phenolic OH excluding ortho intramolecular Hbond substituents is 1. The van der Waals surface area contributed by atoms with E-state index in [0.717, 1.165) is 11.1 Å². The van der Waals surface area contributed by atoms with Gasteiger partial charge in [0.2, 0.25) is 5.91 Å². The van der Waals surface area contributed by atoms with E-state index < -0.39 is 17.2 Å². The van der Waals surface area contributed by atoms with Gasteiger partial charge in [0.15, 0.2) is 0 Å². The van der Waals surface area contributed by atoms with Gasteiger partial charge >= 0.3 is 6.09 Å². The lowest BCUT2D eigenvalue weighted by Gasteiger charge is -2.33. The number of aromatic hydroxyl groups is 1. The van der Waals surface area contributed by atoms with E-state index in [1.807, 2.05) is 63.2 Å². The highest BCUT2D eigenvalue weighted by Crippen LogP contribution is 2.20. The Bertz CT molecular complexity index is 879. The van der Waals surface area contributed by atoms with Crippen LogP contribution >= 0.6 is 0 Å². The Labute approximate surface area is 196 Å². The highest BCUT2D eigenvalue weighted by Gasteiger charge is 2.36. The molecule has 0 aromatic heterocycles. The van der Waals surface area contributed by atoms with Crippen molar-refractivity contribution in [2.75, 3.05) is 20.1 Å². The molecule has 2 rings (SSSR count). The molecule has 33 heavy (non-hydrogen) atoms. The largest absolute Gasteiger partial charge is 0.508 e. The van der Waals surface area contributed by atoms with Gasteiger partial charge in [-0.05, 0) is 76.8 Å². The Balaban J connectivity index is 2.00. The standard InChI is InChI=1S/C26H37N3O4/c1-25(2,3)33-24(32)29-17-8-16-26(27-4,19-21-9-6-5-7-10-21)23(31)28-18-15-20-11-13-22(30)14-12-20/h5-7,9-14,27,30H,8,15-19H2,1-4H3,(H,28,31)(H,29,32)/t26-/m1/s1. The summed E-state index contributed by atoms with van der Waals surface area (Å²) < 4.78 is 5.28. The zero-order chi connectivity index (χ0) is 24.3. The Morgan fingerprint density at radius 3 is 2.18 bits per heavy atom. The van der Waals surface area contributed by atoms with E-state index in [2.05, 4.69) is 16.0 Å². The maximum atomic E-state index is 13.3. The van der Waals surface area contributed by atoms with E-state index in [4.69, 9.17) is 4.74 Å². The summed E-state index contributed by atoms with van der Waals surface area (Å²) >= 11 is 0. The SMILES string of the molecule is CN[C@](CCCNC(=O)OC(C)(C)C)(Cc1ccccc1)C(=O)NCCc1ccc(O)cc1. The zero-order valence-electron chi connectivity index (χ0n) is 20.1. The van der Waals surface area contributed by atoms with Crippen LogP contribution in [0.15, 0.2) is 54.6 Å². The lowest BCUT2D eigenvalue weighted by Crippen LogP contribution is -2.57. The molecule has 0 fully saturated rings. The fraction of sp³-hybridized carbons (Fsp3) is 0.462. The summed E-state index contributed by atoms with van der Waals surface area (Å²) in [6, 6.07) is 16.9. The van der Waals surface area contributed by atoms with E-state index >= 15 is 0 Å². The summed E-state index contributed by atoms with van der Waals surface area (Å²) in [5.74, 6) is 0.143. The van der Waals surface area contributed by atoms with Crippen molar-refractivity contribution in [3.8, 4) is 5.75 Å². The molecular formula is C26H37N3O4. The monoisotopic (exact) mass is 455 g/mol. The molecule has 180 valence electrons. The Morgan fingerprint density at radius 2 is 1.58 bits per heavy atom. The molecule has 2 aromatic carbocycles. The van der Waals surface area contributed by atoms with Crippen molar-refractivity contribution < 1.29 is 19.4 Å². The molecule has 0 spiro atoms. The molecule has 0 aliphatic rings. The smallest absolute Gasteiger partial charge is 0.407 e. The molecule has 7 nitrogen and oxygen atoms in total. The minimum Gasteiger partial charge on any atom is -0.508 e. The van der Waals surface area contributed by atoms with Crippen LogP contribution in [0, 0.1) is 0 Å². The molecule has 1 atom stereocenters. The number of rotatable bonds is 11. The van der Waals surface area contributed by atoms with Crippen LogP contribution in [0.4, 0.5) is 4.79 Å². The summed E-state index contributed by atoms with van der Waals surface area (Å²) in [4.78, 5) is 25.3. The third-order valence-corrected chi connectivity index (χ3v) is 5.35.